The Hall–Kier alpha value is -3.08. The molecule has 146 valence electrons. The van der Waals surface area contributed by atoms with Crippen molar-refractivity contribution in [1.82, 2.24) is 4.90 Å². The fraction of sp³-hybridized carbons (Fsp3) is 0.304. The second-order valence-electron chi connectivity index (χ2n) is 7.44. The molecule has 28 heavy (non-hydrogen) atoms. The van der Waals surface area contributed by atoms with Crippen LogP contribution in [0.2, 0.25) is 0 Å². The highest BCUT2D eigenvalue weighted by Crippen LogP contribution is 2.36. The molecule has 3 rings (SSSR count). The number of nitrogens with zero attached hydrogens (tertiary/aromatic N) is 1. The highest BCUT2D eigenvalue weighted by molar-refractivity contribution is 6.37. The number of aryl methyl sites for hydroxylation is 1. The van der Waals surface area contributed by atoms with Crippen LogP contribution in [0.4, 0.5) is 5.69 Å². The summed E-state index contributed by atoms with van der Waals surface area (Å²) in [6.45, 7) is 8.35. The zero-order valence-corrected chi connectivity index (χ0v) is 17.0. The van der Waals surface area contributed by atoms with Gasteiger partial charge in [-0.15, -0.1) is 0 Å². The highest BCUT2D eigenvalue weighted by Gasteiger charge is 2.40. The zero-order chi connectivity index (χ0) is 20.4. The van der Waals surface area contributed by atoms with E-state index in [2.05, 4.69) is 5.32 Å². The Kier molecular flexibility index (Phi) is 5.54. The number of rotatable bonds is 6. The maximum absolute atomic E-state index is 13.2. The van der Waals surface area contributed by atoms with Crippen LogP contribution in [0.5, 0.6) is 5.75 Å². The van der Waals surface area contributed by atoms with Gasteiger partial charge in [0, 0.05) is 17.8 Å². The normalized spacial score (nSPS) is 14.3. The van der Waals surface area contributed by atoms with Gasteiger partial charge in [0.15, 0.2) is 0 Å². The largest absolute Gasteiger partial charge is 0.496 e. The molecular weight excluding hydrogens is 352 g/mol. The minimum atomic E-state index is -0.305. The number of amides is 2. The van der Waals surface area contributed by atoms with E-state index in [1.165, 1.54) is 4.90 Å². The molecule has 2 aromatic carbocycles. The minimum Gasteiger partial charge on any atom is -0.496 e. The van der Waals surface area contributed by atoms with Crippen molar-refractivity contribution in [3.05, 3.63) is 64.9 Å². The molecule has 0 atom stereocenters. The molecule has 2 amide bonds. The number of anilines is 1. The Bertz CT molecular complexity index is 960. The summed E-state index contributed by atoms with van der Waals surface area (Å²) in [5, 5.41) is 3.25. The number of hydrogen-bond acceptors (Lipinski definition) is 4. The molecular formula is C23H26N2O3. The molecule has 1 aliphatic rings. The van der Waals surface area contributed by atoms with Gasteiger partial charge in [0.05, 0.1) is 12.7 Å². The van der Waals surface area contributed by atoms with Gasteiger partial charge in [0.1, 0.15) is 11.4 Å². The van der Waals surface area contributed by atoms with Crippen molar-refractivity contribution < 1.29 is 14.3 Å². The monoisotopic (exact) mass is 378 g/mol. The number of imide groups is 1. The standard InChI is InChI=1S/C23H26N2O3/c1-14(2)13-25-22(26)20(17-10-6-7-12-19(17)28-5)21(23(25)27)24-18-11-8-9-15(3)16(18)4/h6-12,14,24H,13H2,1-5H3. The van der Waals surface area contributed by atoms with E-state index in [-0.39, 0.29) is 17.7 Å². The summed E-state index contributed by atoms with van der Waals surface area (Å²) in [7, 11) is 1.56. The van der Waals surface area contributed by atoms with Gasteiger partial charge in [-0.05, 0) is 43.0 Å². The molecule has 2 aromatic rings. The number of ether oxygens (including phenoxy) is 1. The van der Waals surface area contributed by atoms with Crippen LogP contribution in [0.1, 0.15) is 30.5 Å². The van der Waals surface area contributed by atoms with Crippen molar-refractivity contribution in [2.75, 3.05) is 19.0 Å². The van der Waals surface area contributed by atoms with Crippen LogP contribution >= 0.6 is 0 Å². The first kappa shape index (κ1) is 19.7. The predicted molar refractivity (Wildman–Crippen MR) is 111 cm³/mol. The molecule has 0 aromatic heterocycles. The number of hydrogen-bond donors (Lipinski definition) is 1. The van der Waals surface area contributed by atoms with Crippen LogP contribution in [0.15, 0.2) is 48.2 Å². The molecule has 0 saturated carbocycles. The number of carbonyl (C=O) groups excluding carboxylic acids is 2. The Labute approximate surface area is 166 Å². The van der Waals surface area contributed by atoms with Crippen molar-refractivity contribution in [3.8, 4) is 5.75 Å². The van der Waals surface area contributed by atoms with E-state index < -0.39 is 0 Å². The van der Waals surface area contributed by atoms with Crippen LogP contribution in [0, 0.1) is 19.8 Å². The minimum absolute atomic E-state index is 0.173. The molecule has 0 radical (unpaired) electrons. The van der Waals surface area contributed by atoms with Gasteiger partial charge in [0.2, 0.25) is 0 Å². The fourth-order valence-corrected chi connectivity index (χ4v) is 3.35. The lowest BCUT2D eigenvalue weighted by atomic mass is 10.0. The number of nitrogens with one attached hydrogen (secondary N) is 1. The summed E-state index contributed by atoms with van der Waals surface area (Å²) >= 11 is 0. The van der Waals surface area contributed by atoms with Crippen LogP contribution in [-0.4, -0.2) is 30.4 Å². The quantitative estimate of drug-likeness (QED) is 0.767. The van der Waals surface area contributed by atoms with Gasteiger partial charge < -0.3 is 10.1 Å². The first-order chi connectivity index (χ1) is 13.3. The second-order valence-corrected chi connectivity index (χ2v) is 7.44. The third-order valence-corrected chi connectivity index (χ3v) is 4.96. The second kappa shape index (κ2) is 7.89. The summed E-state index contributed by atoms with van der Waals surface area (Å²) in [5.74, 6) is 0.133. The van der Waals surface area contributed by atoms with E-state index in [1.807, 2.05) is 64.1 Å². The molecule has 5 nitrogen and oxygen atoms in total. The third-order valence-electron chi connectivity index (χ3n) is 4.96. The van der Waals surface area contributed by atoms with E-state index in [4.69, 9.17) is 4.74 Å². The van der Waals surface area contributed by atoms with Gasteiger partial charge in [-0.25, -0.2) is 0 Å². The van der Waals surface area contributed by atoms with Crippen molar-refractivity contribution in [1.29, 1.82) is 0 Å². The number of methoxy groups -OCH3 is 1. The summed E-state index contributed by atoms with van der Waals surface area (Å²) in [4.78, 5) is 27.7. The smallest absolute Gasteiger partial charge is 0.278 e. The SMILES string of the molecule is COc1ccccc1C1=C(Nc2cccc(C)c2C)C(=O)N(CC(C)C)C1=O. The molecule has 0 spiro atoms. The lowest BCUT2D eigenvalue weighted by Gasteiger charge is -2.18. The highest BCUT2D eigenvalue weighted by atomic mass is 16.5. The van der Waals surface area contributed by atoms with Gasteiger partial charge in [0.25, 0.3) is 11.8 Å². The molecule has 1 N–H and O–H groups in total. The summed E-state index contributed by atoms with van der Waals surface area (Å²) in [6.07, 6.45) is 0. The average Bonchev–Trinajstić information content (AvgIpc) is 2.89. The maximum Gasteiger partial charge on any atom is 0.278 e. The van der Waals surface area contributed by atoms with E-state index >= 15 is 0 Å². The predicted octanol–water partition coefficient (Wildman–Crippen LogP) is 4.16. The molecule has 0 fully saturated rings. The van der Waals surface area contributed by atoms with E-state index in [1.54, 1.807) is 13.2 Å². The molecule has 1 heterocycles. The van der Waals surface area contributed by atoms with Gasteiger partial charge in [-0.1, -0.05) is 44.2 Å². The van der Waals surface area contributed by atoms with Crippen LogP contribution < -0.4 is 10.1 Å². The average molecular weight is 378 g/mol. The maximum atomic E-state index is 13.2. The Morgan fingerprint density at radius 2 is 1.71 bits per heavy atom. The first-order valence-corrected chi connectivity index (χ1v) is 9.42. The van der Waals surface area contributed by atoms with Crippen molar-refractivity contribution >= 4 is 23.1 Å². The fourth-order valence-electron chi connectivity index (χ4n) is 3.35. The molecule has 5 heteroatoms. The number of para-hydroxylation sites is 1. The lowest BCUT2D eigenvalue weighted by molar-refractivity contribution is -0.137. The molecule has 0 unspecified atom stereocenters. The van der Waals surface area contributed by atoms with E-state index in [0.717, 1.165) is 16.8 Å². The number of carbonyl (C=O) groups is 2. The third kappa shape index (κ3) is 3.52. The van der Waals surface area contributed by atoms with Gasteiger partial charge >= 0.3 is 0 Å². The molecule has 0 bridgehead atoms. The van der Waals surface area contributed by atoms with Crippen LogP contribution in [-0.2, 0) is 9.59 Å². The number of benzene rings is 2. The van der Waals surface area contributed by atoms with Crippen LogP contribution in [0.25, 0.3) is 5.57 Å². The zero-order valence-electron chi connectivity index (χ0n) is 17.0. The Morgan fingerprint density at radius 1 is 1.00 bits per heavy atom. The molecule has 0 saturated heterocycles. The van der Waals surface area contributed by atoms with Crippen molar-refractivity contribution in [3.63, 3.8) is 0 Å². The lowest BCUT2D eigenvalue weighted by Crippen LogP contribution is -2.35. The summed E-state index contributed by atoms with van der Waals surface area (Å²) < 4.78 is 5.46. The molecule has 1 aliphatic heterocycles. The Morgan fingerprint density at radius 3 is 2.39 bits per heavy atom. The Balaban J connectivity index is 2.15. The van der Waals surface area contributed by atoms with E-state index in [9.17, 15) is 9.59 Å². The summed E-state index contributed by atoms with van der Waals surface area (Å²) in [5.41, 5.74) is 4.22. The van der Waals surface area contributed by atoms with E-state index in [0.29, 0.717) is 29.1 Å². The first-order valence-electron chi connectivity index (χ1n) is 9.42. The van der Waals surface area contributed by atoms with Crippen molar-refractivity contribution in [2.45, 2.75) is 27.7 Å². The summed E-state index contributed by atoms with van der Waals surface area (Å²) in [6, 6.07) is 13.1. The molecule has 0 aliphatic carbocycles. The van der Waals surface area contributed by atoms with Gasteiger partial charge in [-0.3, -0.25) is 14.5 Å². The van der Waals surface area contributed by atoms with Gasteiger partial charge in [-0.2, -0.15) is 0 Å². The van der Waals surface area contributed by atoms with Crippen molar-refractivity contribution in [2.24, 2.45) is 5.92 Å². The topological polar surface area (TPSA) is 58.6 Å². The van der Waals surface area contributed by atoms with Crippen LogP contribution in [0.3, 0.4) is 0 Å².